The van der Waals surface area contributed by atoms with Crippen LogP contribution in [-0.4, -0.2) is 12.2 Å². The highest BCUT2D eigenvalue weighted by Gasteiger charge is 2.40. The number of ether oxygens (including phenoxy) is 1. The van der Waals surface area contributed by atoms with Gasteiger partial charge in [0.15, 0.2) is 0 Å². The third-order valence-electron chi connectivity index (χ3n) is 5.25. The van der Waals surface area contributed by atoms with Crippen molar-refractivity contribution in [3.8, 4) is 0 Å². The van der Waals surface area contributed by atoms with Crippen LogP contribution in [0, 0.1) is 12.8 Å². The number of aryl methyl sites for hydroxylation is 1. The Morgan fingerprint density at radius 2 is 2.00 bits per heavy atom. The maximum absolute atomic E-state index is 6.58. The number of rotatable bonds is 2. The zero-order chi connectivity index (χ0) is 14.9. The summed E-state index contributed by atoms with van der Waals surface area (Å²) in [5, 5.41) is 0.792. The maximum atomic E-state index is 6.58. The SMILES string of the molecule is Cc1cc(Cl)cc(C(N)C2CCOC3(CCCCC3)C2)c1. The Labute approximate surface area is 133 Å². The molecule has 1 aromatic rings. The van der Waals surface area contributed by atoms with Gasteiger partial charge in [-0.15, -0.1) is 0 Å². The Kier molecular flexibility index (Phi) is 4.58. The summed E-state index contributed by atoms with van der Waals surface area (Å²) >= 11 is 6.20. The minimum Gasteiger partial charge on any atom is -0.375 e. The van der Waals surface area contributed by atoms with E-state index in [1.165, 1.54) is 43.2 Å². The van der Waals surface area contributed by atoms with Crippen molar-refractivity contribution in [3.63, 3.8) is 0 Å². The van der Waals surface area contributed by atoms with Crippen molar-refractivity contribution in [1.82, 2.24) is 0 Å². The van der Waals surface area contributed by atoms with Crippen LogP contribution in [0.4, 0.5) is 0 Å². The van der Waals surface area contributed by atoms with Crippen molar-refractivity contribution < 1.29 is 4.74 Å². The van der Waals surface area contributed by atoms with Gasteiger partial charge in [-0.25, -0.2) is 0 Å². The molecule has 1 saturated carbocycles. The van der Waals surface area contributed by atoms with Crippen molar-refractivity contribution in [2.24, 2.45) is 11.7 Å². The van der Waals surface area contributed by atoms with E-state index in [0.717, 1.165) is 24.5 Å². The van der Waals surface area contributed by atoms with E-state index in [0.29, 0.717) is 5.92 Å². The standard InChI is InChI=1S/C18H26ClNO/c1-13-9-15(11-16(19)10-13)17(20)14-5-8-21-18(12-14)6-3-2-4-7-18/h9-11,14,17H,2-8,12,20H2,1H3. The molecule has 2 N–H and O–H groups in total. The fraction of sp³-hybridized carbons (Fsp3) is 0.667. The monoisotopic (exact) mass is 307 g/mol. The van der Waals surface area contributed by atoms with E-state index < -0.39 is 0 Å². The fourth-order valence-electron chi connectivity index (χ4n) is 4.15. The van der Waals surface area contributed by atoms with Crippen LogP contribution >= 0.6 is 11.6 Å². The summed E-state index contributed by atoms with van der Waals surface area (Å²) in [7, 11) is 0. The zero-order valence-electron chi connectivity index (χ0n) is 12.9. The van der Waals surface area contributed by atoms with Gasteiger partial charge >= 0.3 is 0 Å². The third kappa shape index (κ3) is 3.44. The number of nitrogens with two attached hydrogens (primary N) is 1. The topological polar surface area (TPSA) is 35.2 Å². The van der Waals surface area contributed by atoms with Crippen LogP contribution in [0.3, 0.4) is 0 Å². The average Bonchev–Trinajstić information content (AvgIpc) is 2.46. The highest BCUT2D eigenvalue weighted by Crippen LogP contribution is 2.43. The average molecular weight is 308 g/mol. The fourth-order valence-corrected chi connectivity index (χ4v) is 4.44. The third-order valence-corrected chi connectivity index (χ3v) is 5.47. The smallest absolute Gasteiger partial charge is 0.0685 e. The highest BCUT2D eigenvalue weighted by atomic mass is 35.5. The first-order chi connectivity index (χ1) is 10.1. The molecule has 21 heavy (non-hydrogen) atoms. The molecule has 3 heteroatoms. The van der Waals surface area contributed by atoms with Gasteiger partial charge in [-0.1, -0.05) is 36.9 Å². The second-order valence-corrected chi connectivity index (χ2v) is 7.37. The van der Waals surface area contributed by atoms with E-state index in [1.54, 1.807) is 0 Å². The molecular weight excluding hydrogens is 282 g/mol. The van der Waals surface area contributed by atoms with Crippen LogP contribution in [0.5, 0.6) is 0 Å². The first-order valence-electron chi connectivity index (χ1n) is 8.25. The van der Waals surface area contributed by atoms with Crippen LogP contribution in [0.25, 0.3) is 0 Å². The minimum absolute atomic E-state index is 0.0742. The number of benzene rings is 1. The molecule has 2 unspecified atom stereocenters. The molecule has 2 atom stereocenters. The lowest BCUT2D eigenvalue weighted by Crippen LogP contribution is -2.44. The highest BCUT2D eigenvalue weighted by molar-refractivity contribution is 6.30. The Hall–Kier alpha value is -0.570. The molecule has 3 rings (SSSR count). The first kappa shape index (κ1) is 15.3. The summed E-state index contributed by atoms with van der Waals surface area (Å²) in [4.78, 5) is 0. The van der Waals surface area contributed by atoms with Crippen molar-refractivity contribution >= 4 is 11.6 Å². The van der Waals surface area contributed by atoms with Gasteiger partial charge in [-0.2, -0.15) is 0 Å². The van der Waals surface area contributed by atoms with Crippen molar-refractivity contribution in [2.75, 3.05) is 6.61 Å². The molecular formula is C18H26ClNO. The normalized spacial score (nSPS) is 26.7. The van der Waals surface area contributed by atoms with Crippen molar-refractivity contribution in [2.45, 2.75) is 63.5 Å². The Bertz CT molecular complexity index is 470. The molecule has 1 aliphatic heterocycles. The van der Waals surface area contributed by atoms with Crippen molar-refractivity contribution in [3.05, 3.63) is 34.3 Å². The van der Waals surface area contributed by atoms with Gasteiger partial charge in [0, 0.05) is 17.7 Å². The number of hydrogen-bond acceptors (Lipinski definition) is 2. The summed E-state index contributed by atoms with van der Waals surface area (Å²) in [6, 6.07) is 6.27. The minimum atomic E-state index is 0.0742. The van der Waals surface area contributed by atoms with Crippen molar-refractivity contribution in [1.29, 1.82) is 0 Å². The van der Waals surface area contributed by atoms with E-state index in [2.05, 4.69) is 13.0 Å². The zero-order valence-corrected chi connectivity index (χ0v) is 13.7. The quantitative estimate of drug-likeness (QED) is 0.853. The lowest BCUT2D eigenvalue weighted by molar-refractivity contribution is -0.120. The van der Waals surface area contributed by atoms with E-state index in [-0.39, 0.29) is 11.6 Å². The summed E-state index contributed by atoms with van der Waals surface area (Å²) in [6.45, 7) is 2.94. The molecule has 0 bridgehead atoms. The molecule has 1 aliphatic carbocycles. The Morgan fingerprint density at radius 1 is 1.24 bits per heavy atom. The molecule has 1 saturated heterocycles. The van der Waals surface area contributed by atoms with E-state index in [9.17, 15) is 0 Å². The molecule has 2 nitrogen and oxygen atoms in total. The molecule has 0 amide bonds. The predicted octanol–water partition coefficient (Wildman–Crippen LogP) is 4.78. The van der Waals surface area contributed by atoms with Gasteiger partial charge in [0.1, 0.15) is 0 Å². The molecule has 1 spiro atoms. The molecule has 2 aliphatic rings. The molecule has 2 fully saturated rings. The van der Waals surface area contributed by atoms with Crippen LogP contribution in [-0.2, 0) is 4.74 Å². The molecule has 1 aromatic carbocycles. The van der Waals surface area contributed by atoms with Gasteiger partial charge < -0.3 is 10.5 Å². The summed E-state index contributed by atoms with van der Waals surface area (Å²) in [6.07, 6.45) is 8.57. The van der Waals surface area contributed by atoms with Gasteiger partial charge in [-0.05, 0) is 61.8 Å². The number of hydrogen-bond donors (Lipinski definition) is 1. The van der Waals surface area contributed by atoms with Crippen LogP contribution < -0.4 is 5.73 Å². The van der Waals surface area contributed by atoms with E-state index >= 15 is 0 Å². The largest absolute Gasteiger partial charge is 0.375 e. The van der Waals surface area contributed by atoms with Crippen LogP contribution in [0.2, 0.25) is 5.02 Å². The van der Waals surface area contributed by atoms with Crippen LogP contribution in [0.15, 0.2) is 18.2 Å². The molecule has 1 heterocycles. The summed E-state index contributed by atoms with van der Waals surface area (Å²) < 4.78 is 6.19. The second kappa shape index (κ2) is 6.28. The Morgan fingerprint density at radius 3 is 2.71 bits per heavy atom. The lowest BCUT2D eigenvalue weighted by atomic mass is 9.73. The van der Waals surface area contributed by atoms with E-state index in [1.807, 2.05) is 12.1 Å². The van der Waals surface area contributed by atoms with Crippen LogP contribution in [0.1, 0.15) is 62.1 Å². The van der Waals surface area contributed by atoms with Gasteiger partial charge in [0.2, 0.25) is 0 Å². The molecule has 0 aromatic heterocycles. The summed E-state index contributed by atoms with van der Waals surface area (Å²) in [5.41, 5.74) is 9.07. The maximum Gasteiger partial charge on any atom is 0.0685 e. The Balaban J connectivity index is 1.76. The second-order valence-electron chi connectivity index (χ2n) is 6.93. The van der Waals surface area contributed by atoms with Gasteiger partial charge in [0.25, 0.3) is 0 Å². The van der Waals surface area contributed by atoms with E-state index in [4.69, 9.17) is 22.1 Å². The molecule has 116 valence electrons. The summed E-state index contributed by atoms with van der Waals surface area (Å²) in [5.74, 6) is 0.509. The van der Waals surface area contributed by atoms with Gasteiger partial charge in [0.05, 0.1) is 5.60 Å². The lowest BCUT2D eigenvalue weighted by Gasteiger charge is -2.45. The number of halogens is 1. The first-order valence-corrected chi connectivity index (χ1v) is 8.62. The molecule has 0 radical (unpaired) electrons. The van der Waals surface area contributed by atoms with Gasteiger partial charge in [-0.3, -0.25) is 0 Å². The predicted molar refractivity (Wildman–Crippen MR) is 87.6 cm³/mol.